The van der Waals surface area contributed by atoms with Crippen LogP contribution in [0.15, 0.2) is 0 Å². The zero-order valence-corrected chi connectivity index (χ0v) is 8.98. The quantitative estimate of drug-likeness (QED) is 0.656. The van der Waals surface area contributed by atoms with Crippen molar-refractivity contribution in [2.24, 2.45) is 5.73 Å². The van der Waals surface area contributed by atoms with E-state index >= 15 is 0 Å². The van der Waals surface area contributed by atoms with Crippen molar-refractivity contribution < 1.29 is 4.74 Å². The molecule has 0 aliphatic carbocycles. The lowest BCUT2D eigenvalue weighted by Gasteiger charge is -2.46. The van der Waals surface area contributed by atoms with Crippen LogP contribution in [0.2, 0.25) is 0 Å². The third-order valence-corrected chi connectivity index (χ3v) is 3.22. The van der Waals surface area contributed by atoms with Crippen LogP contribution in [0.4, 0.5) is 0 Å². The minimum atomic E-state index is 0.375. The van der Waals surface area contributed by atoms with E-state index in [9.17, 15) is 0 Å². The van der Waals surface area contributed by atoms with Gasteiger partial charge in [0.25, 0.3) is 0 Å². The van der Waals surface area contributed by atoms with Crippen molar-refractivity contribution >= 4 is 0 Å². The average Bonchev–Trinajstić information content (AvgIpc) is 2.14. The van der Waals surface area contributed by atoms with Gasteiger partial charge in [-0.2, -0.15) is 0 Å². The number of nitrogens with two attached hydrogens (primary N) is 1. The van der Waals surface area contributed by atoms with Crippen molar-refractivity contribution in [2.45, 2.75) is 18.6 Å². The first kappa shape index (κ1) is 10.4. The summed E-state index contributed by atoms with van der Waals surface area (Å²) in [7, 11) is 2.17. The minimum Gasteiger partial charge on any atom is -0.376 e. The number of hydrogen-bond donors (Lipinski definition) is 1. The summed E-state index contributed by atoms with van der Waals surface area (Å²) in [5.41, 5.74) is 5.54. The van der Waals surface area contributed by atoms with Gasteiger partial charge in [-0.25, -0.2) is 0 Å². The molecule has 1 atom stereocenters. The van der Waals surface area contributed by atoms with Crippen molar-refractivity contribution in [1.82, 2.24) is 9.80 Å². The Kier molecular flexibility index (Phi) is 3.38. The smallest absolute Gasteiger partial charge is 0.0714 e. The van der Waals surface area contributed by atoms with Crippen LogP contribution in [0, 0.1) is 0 Å². The number of likely N-dealkylation sites (tertiary alicyclic amines) is 1. The molecule has 0 radical (unpaired) electrons. The van der Waals surface area contributed by atoms with Crippen LogP contribution < -0.4 is 5.73 Å². The molecule has 0 aromatic heterocycles. The number of morpholine rings is 1. The van der Waals surface area contributed by atoms with Gasteiger partial charge in [-0.05, 0) is 20.0 Å². The van der Waals surface area contributed by atoms with Gasteiger partial charge in [-0.1, -0.05) is 0 Å². The van der Waals surface area contributed by atoms with Crippen molar-refractivity contribution in [3.8, 4) is 0 Å². The highest BCUT2D eigenvalue weighted by Crippen LogP contribution is 2.17. The lowest BCUT2D eigenvalue weighted by molar-refractivity contribution is -0.0693. The topological polar surface area (TPSA) is 41.7 Å². The predicted octanol–water partition coefficient (Wildman–Crippen LogP) is -0.650. The summed E-state index contributed by atoms with van der Waals surface area (Å²) in [4.78, 5) is 4.92. The van der Waals surface area contributed by atoms with Crippen molar-refractivity contribution in [3.05, 3.63) is 0 Å². The van der Waals surface area contributed by atoms with Crippen LogP contribution in [0.1, 0.15) is 6.42 Å². The Hall–Kier alpha value is -0.160. The van der Waals surface area contributed by atoms with Gasteiger partial charge in [0.2, 0.25) is 0 Å². The van der Waals surface area contributed by atoms with Crippen LogP contribution in [0.5, 0.6) is 0 Å². The molecule has 2 aliphatic rings. The van der Waals surface area contributed by atoms with E-state index < -0.39 is 0 Å². The van der Waals surface area contributed by atoms with E-state index in [-0.39, 0.29) is 0 Å². The Balaban J connectivity index is 1.76. The molecule has 2 saturated heterocycles. The molecule has 14 heavy (non-hydrogen) atoms. The van der Waals surface area contributed by atoms with Crippen molar-refractivity contribution in [2.75, 3.05) is 46.4 Å². The Morgan fingerprint density at radius 3 is 2.79 bits per heavy atom. The fourth-order valence-electron chi connectivity index (χ4n) is 2.33. The number of rotatable bonds is 3. The Bertz CT molecular complexity index is 178. The average molecular weight is 199 g/mol. The first-order valence-electron chi connectivity index (χ1n) is 5.54. The van der Waals surface area contributed by atoms with Gasteiger partial charge >= 0.3 is 0 Å². The van der Waals surface area contributed by atoms with Crippen molar-refractivity contribution in [3.63, 3.8) is 0 Å². The van der Waals surface area contributed by atoms with Gasteiger partial charge < -0.3 is 15.4 Å². The SMILES string of the molecule is CN1CC(N2CCOC(CCN)C2)C1. The molecule has 0 aromatic rings. The molecule has 0 aromatic carbocycles. The fourth-order valence-corrected chi connectivity index (χ4v) is 2.33. The Labute approximate surface area is 86.0 Å². The van der Waals surface area contributed by atoms with E-state index in [1.54, 1.807) is 0 Å². The molecule has 2 heterocycles. The molecule has 0 amide bonds. The zero-order chi connectivity index (χ0) is 9.97. The fraction of sp³-hybridized carbons (Fsp3) is 1.00. The molecule has 0 saturated carbocycles. The Morgan fingerprint density at radius 2 is 2.14 bits per heavy atom. The summed E-state index contributed by atoms with van der Waals surface area (Å²) < 4.78 is 5.66. The van der Waals surface area contributed by atoms with Gasteiger partial charge in [-0.3, -0.25) is 4.90 Å². The van der Waals surface area contributed by atoms with Gasteiger partial charge in [0.05, 0.1) is 12.7 Å². The zero-order valence-electron chi connectivity index (χ0n) is 8.98. The second-order valence-corrected chi connectivity index (χ2v) is 4.44. The molecule has 2 rings (SSSR count). The van der Waals surface area contributed by atoms with E-state index in [0.717, 1.165) is 38.7 Å². The third-order valence-electron chi connectivity index (χ3n) is 3.22. The van der Waals surface area contributed by atoms with Crippen LogP contribution in [0.25, 0.3) is 0 Å². The van der Waals surface area contributed by atoms with E-state index in [1.807, 2.05) is 0 Å². The van der Waals surface area contributed by atoms with Crippen LogP contribution in [-0.2, 0) is 4.74 Å². The molecule has 4 nitrogen and oxygen atoms in total. The van der Waals surface area contributed by atoms with Crippen LogP contribution in [-0.4, -0.2) is 68.3 Å². The first-order valence-corrected chi connectivity index (χ1v) is 5.54. The minimum absolute atomic E-state index is 0.375. The molecule has 4 heteroatoms. The predicted molar refractivity (Wildman–Crippen MR) is 56.3 cm³/mol. The standard InChI is InChI=1S/C10H21N3O/c1-12-6-9(7-12)13-4-5-14-10(8-13)2-3-11/h9-10H,2-8,11H2,1H3. The molecule has 0 spiro atoms. The number of nitrogens with zero attached hydrogens (tertiary/aromatic N) is 2. The molecule has 0 bridgehead atoms. The lowest BCUT2D eigenvalue weighted by Crippen LogP contribution is -2.61. The van der Waals surface area contributed by atoms with Gasteiger partial charge in [0.15, 0.2) is 0 Å². The number of hydrogen-bond acceptors (Lipinski definition) is 4. The van der Waals surface area contributed by atoms with Gasteiger partial charge in [0.1, 0.15) is 0 Å². The maximum Gasteiger partial charge on any atom is 0.0714 e. The van der Waals surface area contributed by atoms with Crippen LogP contribution in [0.3, 0.4) is 0 Å². The second kappa shape index (κ2) is 4.57. The number of likely N-dealkylation sites (N-methyl/N-ethyl adjacent to an activating group) is 1. The highest BCUT2D eigenvalue weighted by molar-refractivity contribution is 4.88. The monoisotopic (exact) mass is 199 g/mol. The van der Waals surface area contributed by atoms with Crippen molar-refractivity contribution in [1.29, 1.82) is 0 Å². The maximum absolute atomic E-state index is 5.66. The normalized spacial score (nSPS) is 31.7. The van der Waals surface area contributed by atoms with Gasteiger partial charge in [0, 0.05) is 32.2 Å². The summed E-state index contributed by atoms with van der Waals surface area (Å²) in [6.07, 6.45) is 1.37. The summed E-state index contributed by atoms with van der Waals surface area (Å²) >= 11 is 0. The highest BCUT2D eigenvalue weighted by atomic mass is 16.5. The van der Waals surface area contributed by atoms with E-state index in [4.69, 9.17) is 10.5 Å². The molecular formula is C10H21N3O. The lowest BCUT2D eigenvalue weighted by atomic mass is 10.1. The second-order valence-electron chi connectivity index (χ2n) is 4.44. The summed E-state index contributed by atoms with van der Waals surface area (Å²) in [6, 6.07) is 0.768. The summed E-state index contributed by atoms with van der Waals surface area (Å²) in [5.74, 6) is 0. The summed E-state index contributed by atoms with van der Waals surface area (Å²) in [5, 5.41) is 0. The third kappa shape index (κ3) is 2.25. The highest BCUT2D eigenvalue weighted by Gasteiger charge is 2.32. The molecule has 2 N–H and O–H groups in total. The van der Waals surface area contributed by atoms with E-state index in [2.05, 4.69) is 16.8 Å². The van der Waals surface area contributed by atoms with E-state index in [1.165, 1.54) is 13.1 Å². The molecule has 82 valence electrons. The number of ether oxygens (including phenoxy) is 1. The molecule has 1 unspecified atom stereocenters. The largest absolute Gasteiger partial charge is 0.376 e. The first-order chi connectivity index (χ1) is 6.79. The van der Waals surface area contributed by atoms with E-state index in [0.29, 0.717) is 6.10 Å². The maximum atomic E-state index is 5.66. The molecule has 2 aliphatic heterocycles. The molecule has 2 fully saturated rings. The molecular weight excluding hydrogens is 178 g/mol. The van der Waals surface area contributed by atoms with Gasteiger partial charge in [-0.15, -0.1) is 0 Å². The Morgan fingerprint density at radius 1 is 1.36 bits per heavy atom. The van der Waals surface area contributed by atoms with Crippen LogP contribution >= 0.6 is 0 Å². The summed E-state index contributed by atoms with van der Waals surface area (Å²) in [6.45, 7) is 6.23.